The molecule has 10 rings (SSSR count). The van der Waals surface area contributed by atoms with Crippen LogP contribution in [0, 0.1) is 36.3 Å². The van der Waals surface area contributed by atoms with Crippen molar-refractivity contribution in [2.75, 3.05) is 44.2 Å². The van der Waals surface area contributed by atoms with Crippen molar-refractivity contribution in [3.05, 3.63) is 94.8 Å². The molecule has 3 amide bonds. The van der Waals surface area contributed by atoms with Gasteiger partial charge in [0.1, 0.15) is 41.0 Å². The number of piperazine rings is 1. The number of carbonyl (C=O) groups excluding carboxylic acids is 3. The molecule has 3 aromatic carbocycles. The molecule has 4 saturated heterocycles. The van der Waals surface area contributed by atoms with Gasteiger partial charge < -0.3 is 45.6 Å². The molecule has 6 aromatic rings. The van der Waals surface area contributed by atoms with E-state index in [1.165, 1.54) is 29.2 Å². The Morgan fingerprint density at radius 1 is 0.904 bits per heavy atom. The molecule has 4 aliphatic heterocycles. The molecule has 5 N–H and O–H groups in total. The summed E-state index contributed by atoms with van der Waals surface area (Å²) in [6.45, 7) is 13.9. The Hall–Kier alpha value is -6.78. The summed E-state index contributed by atoms with van der Waals surface area (Å²) >= 11 is 1.58. The van der Waals surface area contributed by atoms with Gasteiger partial charge in [-0.25, -0.2) is 18.7 Å². The van der Waals surface area contributed by atoms with Crippen LogP contribution in [-0.2, 0) is 14.4 Å². The summed E-state index contributed by atoms with van der Waals surface area (Å²) in [5, 5.41) is 32.5. The first-order valence-electron chi connectivity index (χ1n) is 29.8. The first-order chi connectivity index (χ1) is 39.9. The number of fused-ring (bicyclic) bond motifs is 4. The number of aliphatic hydroxyl groups is 1. The molecule has 15 nitrogen and oxygen atoms in total. The average molecular weight is 1150 g/mol. The van der Waals surface area contributed by atoms with Crippen molar-refractivity contribution in [2.24, 2.45) is 5.41 Å². The fourth-order valence-corrected chi connectivity index (χ4v) is 13.5. The van der Waals surface area contributed by atoms with Crippen molar-refractivity contribution < 1.29 is 38.1 Å². The molecule has 83 heavy (non-hydrogen) atoms. The number of likely N-dealkylation sites (tertiary alicyclic amines) is 2. The van der Waals surface area contributed by atoms with Crippen molar-refractivity contribution in [2.45, 2.75) is 167 Å². The highest BCUT2D eigenvalue weighted by Gasteiger charge is 2.45. The number of hydrogen-bond donors (Lipinski definition) is 5. The quantitative estimate of drug-likeness (QED) is 0.0340. The number of anilines is 1. The third-order valence-corrected chi connectivity index (χ3v) is 18.2. The summed E-state index contributed by atoms with van der Waals surface area (Å²) in [7, 11) is 0. The summed E-state index contributed by atoms with van der Waals surface area (Å²) in [6, 6.07) is 14.1. The van der Waals surface area contributed by atoms with E-state index in [0.717, 1.165) is 131 Å². The minimum Gasteiger partial charge on any atom is -0.508 e. The summed E-state index contributed by atoms with van der Waals surface area (Å²) < 4.78 is 38.8. The first kappa shape index (κ1) is 59.4. The highest BCUT2D eigenvalue weighted by molar-refractivity contribution is 7.13. The Morgan fingerprint density at radius 2 is 1.60 bits per heavy atom. The first-order valence-corrected chi connectivity index (χ1v) is 30.7. The molecule has 0 spiro atoms. The molecular formula is C65H79F2N9O6S. The van der Waals surface area contributed by atoms with E-state index in [2.05, 4.69) is 41.6 Å². The number of hydrogen-bond acceptors (Lipinski definition) is 13. The minimum atomic E-state index is -0.865. The molecule has 3 aromatic heterocycles. The van der Waals surface area contributed by atoms with Crippen LogP contribution in [0.4, 0.5) is 14.5 Å². The summed E-state index contributed by atoms with van der Waals surface area (Å²) in [4.78, 5) is 62.3. The van der Waals surface area contributed by atoms with E-state index in [0.29, 0.717) is 41.6 Å². The number of ether oxygens (including phenoxy) is 1. The molecule has 440 valence electrons. The highest BCUT2D eigenvalue weighted by Crippen LogP contribution is 2.41. The molecule has 2 bridgehead atoms. The number of halogens is 2. The number of nitrogens with one attached hydrogen (secondary N) is 3. The molecule has 4 aliphatic rings. The normalized spacial score (nSPS) is 20.2. The van der Waals surface area contributed by atoms with Crippen molar-refractivity contribution in [1.29, 1.82) is 0 Å². The number of benzene rings is 3. The largest absolute Gasteiger partial charge is 0.508 e. The predicted molar refractivity (Wildman–Crippen MR) is 322 cm³/mol. The number of aromatic nitrogens is 3. The van der Waals surface area contributed by atoms with E-state index in [1.54, 1.807) is 17.5 Å². The number of piperidine rings is 1. The van der Waals surface area contributed by atoms with Crippen LogP contribution in [0.3, 0.4) is 0 Å². The third-order valence-electron chi connectivity index (χ3n) is 17.3. The molecule has 7 heterocycles. The number of unbranched alkanes of at least 4 members (excludes halogenated alkanes) is 7. The average Bonchev–Trinajstić information content (AvgIpc) is 4.24. The lowest BCUT2D eigenvalue weighted by molar-refractivity contribution is -0.144. The summed E-state index contributed by atoms with van der Waals surface area (Å²) in [5.74, 6) is 0.417. The van der Waals surface area contributed by atoms with Crippen LogP contribution in [0.5, 0.6) is 11.6 Å². The van der Waals surface area contributed by atoms with E-state index in [9.17, 15) is 24.6 Å². The number of terminal acetylenes is 1. The number of aromatic hydroxyl groups is 1. The van der Waals surface area contributed by atoms with Crippen molar-refractivity contribution in [3.63, 3.8) is 0 Å². The van der Waals surface area contributed by atoms with E-state index in [4.69, 9.17) is 16.1 Å². The van der Waals surface area contributed by atoms with Gasteiger partial charge in [-0.2, -0.15) is 0 Å². The Balaban J connectivity index is 0.650. The van der Waals surface area contributed by atoms with Gasteiger partial charge in [0.15, 0.2) is 5.82 Å². The van der Waals surface area contributed by atoms with Gasteiger partial charge in [-0.05, 0) is 99.0 Å². The smallest absolute Gasteiger partial charge is 0.246 e. The molecule has 6 atom stereocenters. The Labute approximate surface area is 490 Å². The Kier molecular flexibility index (Phi) is 18.6. The molecule has 0 saturated carbocycles. The zero-order chi connectivity index (χ0) is 58.5. The van der Waals surface area contributed by atoms with Gasteiger partial charge in [0, 0.05) is 86.2 Å². The number of thiazole rings is 1. The van der Waals surface area contributed by atoms with Gasteiger partial charge in [0.05, 0.1) is 39.5 Å². The number of rotatable bonds is 21. The van der Waals surface area contributed by atoms with Crippen LogP contribution in [0.1, 0.15) is 140 Å². The Morgan fingerprint density at radius 3 is 2.28 bits per heavy atom. The molecule has 18 heteroatoms. The highest BCUT2D eigenvalue weighted by atomic mass is 32.1. The van der Waals surface area contributed by atoms with Gasteiger partial charge in [-0.15, -0.1) is 17.8 Å². The molecule has 2 unspecified atom stereocenters. The van der Waals surface area contributed by atoms with Crippen molar-refractivity contribution in [1.82, 2.24) is 40.7 Å². The zero-order valence-corrected chi connectivity index (χ0v) is 49.3. The summed E-state index contributed by atoms with van der Waals surface area (Å²) in [5.41, 5.74) is 5.10. The zero-order valence-electron chi connectivity index (χ0n) is 48.5. The van der Waals surface area contributed by atoms with Gasteiger partial charge in [-0.1, -0.05) is 95.5 Å². The van der Waals surface area contributed by atoms with Crippen molar-refractivity contribution >= 4 is 56.4 Å². The number of phenolic OH excluding ortho intramolecular Hbond substituents is 1. The lowest BCUT2D eigenvalue weighted by Gasteiger charge is -2.35. The number of nitrogens with zero attached hydrogens (tertiary/aromatic N) is 6. The van der Waals surface area contributed by atoms with Gasteiger partial charge >= 0.3 is 0 Å². The Bertz CT molecular complexity index is 3340. The summed E-state index contributed by atoms with van der Waals surface area (Å²) in [6.07, 6.45) is 18.9. The number of pyridine rings is 2. The maximum absolute atomic E-state index is 17.1. The maximum Gasteiger partial charge on any atom is 0.246 e. The second-order valence-electron chi connectivity index (χ2n) is 24.5. The molecule has 0 radical (unpaired) electrons. The number of phenols is 1. The monoisotopic (exact) mass is 1150 g/mol. The number of amides is 3. The lowest BCUT2D eigenvalue weighted by Crippen LogP contribution is -2.57. The van der Waals surface area contributed by atoms with Crippen LogP contribution in [0.15, 0.2) is 66.3 Å². The molecule has 4 fully saturated rings. The van der Waals surface area contributed by atoms with E-state index in [-0.39, 0.29) is 76.3 Å². The standard InChI is InChI=1S/C65H79F2N9O6S/c1-7-49-52(66)24-21-43-30-46(77)31-50(57(43)49)59-58(67)60-51(34-68-59)53(75-35-44-22-23-45(36-75)71-44)33-56(73-60)82-48-25-28-74(29-26-48)27-15-13-11-9-8-10-12-14-16-55(79)72-62(65(4,5)6)64(81)76-37-47(78)32-54(76)63(80)70-39(2)41-17-19-42(20-18-41)61-40(3)69-38-83-61/h1,17-21,24,30-31,33-34,38-39,44-45,47-48,54,62,71,77-78H,8-16,22-23,25-29,32,35-37H2,2-6H3,(H,70,80)(H,72,79)/t39-,44?,45?,47+,54-,62+/m0/s1. The molecular weight excluding hydrogens is 1070 g/mol. The van der Waals surface area contributed by atoms with Gasteiger partial charge in [0.25, 0.3) is 0 Å². The van der Waals surface area contributed by atoms with Crippen molar-refractivity contribution in [3.8, 4) is 45.7 Å². The second-order valence-corrected chi connectivity index (χ2v) is 25.3. The van der Waals surface area contributed by atoms with E-state index >= 15 is 8.78 Å². The number of aliphatic hydroxyl groups excluding tert-OH is 1. The van der Waals surface area contributed by atoms with Crippen LogP contribution in [0.2, 0.25) is 0 Å². The second kappa shape index (κ2) is 26.0. The maximum atomic E-state index is 17.1. The fourth-order valence-electron chi connectivity index (χ4n) is 12.7. The van der Waals surface area contributed by atoms with Crippen LogP contribution >= 0.6 is 11.3 Å². The third kappa shape index (κ3) is 13.8. The van der Waals surface area contributed by atoms with Crippen LogP contribution in [-0.4, -0.2) is 128 Å². The number of β-amino-alcohol motifs (C(OH)–C–C–N with tert-alkyl or cyclic N) is 1. The lowest BCUT2D eigenvalue weighted by atomic mass is 9.85. The topological polar surface area (TPSA) is 185 Å². The van der Waals surface area contributed by atoms with Crippen LogP contribution in [0.25, 0.3) is 43.4 Å². The van der Waals surface area contributed by atoms with Crippen LogP contribution < -0.4 is 25.6 Å². The van der Waals surface area contributed by atoms with E-state index < -0.39 is 35.2 Å². The van der Waals surface area contributed by atoms with Gasteiger partial charge in [0.2, 0.25) is 23.6 Å². The van der Waals surface area contributed by atoms with Gasteiger partial charge in [-0.3, -0.25) is 19.4 Å². The number of aryl methyl sites for hydroxylation is 1. The van der Waals surface area contributed by atoms with E-state index in [1.807, 2.05) is 70.5 Å². The number of carbonyl (C=O) groups is 3. The predicted octanol–water partition coefficient (Wildman–Crippen LogP) is 10.5. The molecule has 0 aliphatic carbocycles. The minimum absolute atomic E-state index is 0.0218. The SMILES string of the molecule is C#Cc1c(F)ccc2cc(O)cc(-c3ncc4c(N5CC6CCC(C5)N6)cc(OC5CCN(CCCCCCCCCCC(=O)N[C@H](C(=O)N6C[C@H](O)C[C@H]6C(=O)N[C@@H](C)c6ccc(-c7scnc7C)cc6)C(C)(C)C)CC5)nc4c3F)c12. The fraction of sp³-hybridized carbons (Fsp3) is 0.508.